The van der Waals surface area contributed by atoms with Crippen molar-refractivity contribution in [3.05, 3.63) is 34.6 Å². The predicted octanol–water partition coefficient (Wildman–Crippen LogP) is 3.04. The third-order valence-electron chi connectivity index (χ3n) is 2.76. The van der Waals surface area contributed by atoms with E-state index < -0.39 is 0 Å². The fourth-order valence-corrected chi connectivity index (χ4v) is 3.02. The Labute approximate surface area is 122 Å². The maximum Gasteiger partial charge on any atom is 0.121 e. The van der Waals surface area contributed by atoms with E-state index in [1.165, 1.54) is 5.56 Å². The van der Waals surface area contributed by atoms with Gasteiger partial charge in [-0.1, -0.05) is 18.5 Å². The molecule has 0 aliphatic carbocycles. The standard InChI is InChI=1S/C13H17ClN4S/c1-4-15-8-10-9(2)17-18(3)13(10)19-12-11(14)6-5-7-16-12/h5-7,15H,4,8H2,1-3H3. The van der Waals surface area contributed by atoms with Gasteiger partial charge in [0.1, 0.15) is 10.1 Å². The van der Waals surface area contributed by atoms with Crippen molar-refractivity contribution in [3.8, 4) is 0 Å². The first-order valence-electron chi connectivity index (χ1n) is 6.15. The third kappa shape index (κ3) is 3.29. The lowest BCUT2D eigenvalue weighted by Crippen LogP contribution is -2.12. The molecule has 4 nitrogen and oxygen atoms in total. The molecular weight excluding hydrogens is 280 g/mol. The number of nitrogens with one attached hydrogen (secondary N) is 1. The second-order valence-corrected chi connectivity index (χ2v) is 5.55. The van der Waals surface area contributed by atoms with Crippen LogP contribution in [-0.4, -0.2) is 21.3 Å². The van der Waals surface area contributed by atoms with Gasteiger partial charge in [0.2, 0.25) is 0 Å². The van der Waals surface area contributed by atoms with Crippen LogP contribution in [0.3, 0.4) is 0 Å². The van der Waals surface area contributed by atoms with E-state index in [-0.39, 0.29) is 0 Å². The smallest absolute Gasteiger partial charge is 0.121 e. The van der Waals surface area contributed by atoms with Gasteiger partial charge in [-0.2, -0.15) is 5.10 Å². The molecule has 0 radical (unpaired) electrons. The summed E-state index contributed by atoms with van der Waals surface area (Å²) in [4.78, 5) is 4.31. The first-order chi connectivity index (χ1) is 9.13. The molecule has 0 unspecified atom stereocenters. The zero-order chi connectivity index (χ0) is 13.8. The number of hydrogen-bond acceptors (Lipinski definition) is 4. The minimum atomic E-state index is 0.667. The molecule has 2 heterocycles. The first-order valence-corrected chi connectivity index (χ1v) is 7.34. The van der Waals surface area contributed by atoms with E-state index in [1.807, 2.05) is 30.8 Å². The Kier molecular flexibility index (Phi) is 4.85. The number of nitrogens with zero attached hydrogens (tertiary/aromatic N) is 3. The number of halogens is 1. The Balaban J connectivity index is 2.31. The van der Waals surface area contributed by atoms with Crippen LogP contribution in [-0.2, 0) is 13.6 Å². The van der Waals surface area contributed by atoms with E-state index in [2.05, 4.69) is 22.3 Å². The summed E-state index contributed by atoms with van der Waals surface area (Å²) in [6.07, 6.45) is 1.75. The molecule has 2 aromatic heterocycles. The highest BCUT2D eigenvalue weighted by Crippen LogP contribution is 2.34. The lowest BCUT2D eigenvalue weighted by atomic mass is 10.2. The first kappa shape index (κ1) is 14.4. The number of hydrogen-bond donors (Lipinski definition) is 1. The van der Waals surface area contributed by atoms with Gasteiger partial charge in [0, 0.05) is 25.4 Å². The van der Waals surface area contributed by atoms with Gasteiger partial charge in [-0.3, -0.25) is 4.68 Å². The monoisotopic (exact) mass is 296 g/mol. The molecule has 2 aromatic rings. The molecule has 0 atom stereocenters. The van der Waals surface area contributed by atoms with Gasteiger partial charge in [0.05, 0.1) is 10.7 Å². The fourth-order valence-electron chi connectivity index (χ4n) is 1.80. The average Bonchev–Trinajstić information content (AvgIpc) is 2.65. The van der Waals surface area contributed by atoms with Crippen LogP contribution in [0.5, 0.6) is 0 Å². The molecule has 0 fully saturated rings. The molecule has 0 aliphatic heterocycles. The molecule has 102 valence electrons. The van der Waals surface area contributed by atoms with E-state index in [0.29, 0.717) is 5.02 Å². The molecule has 0 spiro atoms. The van der Waals surface area contributed by atoms with Gasteiger partial charge >= 0.3 is 0 Å². The maximum absolute atomic E-state index is 6.16. The summed E-state index contributed by atoms with van der Waals surface area (Å²) >= 11 is 7.72. The minimum Gasteiger partial charge on any atom is -0.313 e. The third-order valence-corrected chi connectivity index (χ3v) is 4.40. The van der Waals surface area contributed by atoms with Crippen molar-refractivity contribution in [2.24, 2.45) is 7.05 Å². The zero-order valence-electron chi connectivity index (χ0n) is 11.3. The quantitative estimate of drug-likeness (QED) is 0.921. The molecule has 0 bridgehead atoms. The highest BCUT2D eigenvalue weighted by Gasteiger charge is 2.15. The van der Waals surface area contributed by atoms with Crippen LogP contribution in [0.1, 0.15) is 18.2 Å². The van der Waals surface area contributed by atoms with Crippen molar-refractivity contribution in [2.45, 2.75) is 30.4 Å². The Morgan fingerprint density at radius 2 is 2.26 bits per heavy atom. The van der Waals surface area contributed by atoms with E-state index in [0.717, 1.165) is 28.8 Å². The second-order valence-electron chi connectivity index (χ2n) is 4.17. The number of aromatic nitrogens is 3. The summed E-state index contributed by atoms with van der Waals surface area (Å²) < 4.78 is 1.89. The summed E-state index contributed by atoms with van der Waals surface area (Å²) in [7, 11) is 1.95. The molecule has 0 aromatic carbocycles. The number of rotatable bonds is 5. The largest absolute Gasteiger partial charge is 0.313 e. The van der Waals surface area contributed by atoms with E-state index >= 15 is 0 Å². The molecule has 1 N–H and O–H groups in total. The molecule has 0 saturated carbocycles. The maximum atomic E-state index is 6.16. The summed E-state index contributed by atoms with van der Waals surface area (Å²) in [6, 6.07) is 3.69. The molecule has 19 heavy (non-hydrogen) atoms. The highest BCUT2D eigenvalue weighted by atomic mass is 35.5. The lowest BCUT2D eigenvalue weighted by molar-refractivity contribution is 0.673. The summed E-state index contributed by atoms with van der Waals surface area (Å²) in [6.45, 7) is 5.86. The van der Waals surface area contributed by atoms with Gasteiger partial charge in [-0.15, -0.1) is 0 Å². The van der Waals surface area contributed by atoms with Gasteiger partial charge in [-0.25, -0.2) is 4.98 Å². The van der Waals surface area contributed by atoms with Crippen LogP contribution < -0.4 is 5.32 Å². The summed E-state index contributed by atoms with van der Waals surface area (Å²) in [5.41, 5.74) is 2.24. The van der Waals surface area contributed by atoms with Gasteiger partial charge in [-0.05, 0) is 37.4 Å². The van der Waals surface area contributed by atoms with Crippen molar-refractivity contribution in [2.75, 3.05) is 6.54 Å². The van der Waals surface area contributed by atoms with Gasteiger partial charge in [0.15, 0.2) is 0 Å². The number of aryl methyl sites for hydroxylation is 2. The van der Waals surface area contributed by atoms with E-state index in [9.17, 15) is 0 Å². The van der Waals surface area contributed by atoms with Crippen molar-refractivity contribution in [1.82, 2.24) is 20.1 Å². The lowest BCUT2D eigenvalue weighted by Gasteiger charge is -2.07. The zero-order valence-corrected chi connectivity index (χ0v) is 12.8. The van der Waals surface area contributed by atoms with Crippen LogP contribution in [0.2, 0.25) is 5.02 Å². The number of pyridine rings is 1. The Morgan fingerprint density at radius 3 is 2.95 bits per heavy atom. The normalized spacial score (nSPS) is 10.9. The summed E-state index contributed by atoms with van der Waals surface area (Å²) in [5.74, 6) is 0. The summed E-state index contributed by atoms with van der Waals surface area (Å²) in [5, 5.41) is 10.4. The van der Waals surface area contributed by atoms with Crippen LogP contribution in [0.15, 0.2) is 28.4 Å². The van der Waals surface area contributed by atoms with E-state index in [1.54, 1.807) is 18.0 Å². The highest BCUT2D eigenvalue weighted by molar-refractivity contribution is 7.99. The molecule has 6 heteroatoms. The molecule has 0 amide bonds. The van der Waals surface area contributed by atoms with E-state index in [4.69, 9.17) is 11.6 Å². The Morgan fingerprint density at radius 1 is 1.47 bits per heavy atom. The van der Waals surface area contributed by atoms with Gasteiger partial charge < -0.3 is 5.32 Å². The second kappa shape index (κ2) is 6.41. The molecule has 0 aliphatic rings. The Hall–Kier alpha value is -1.04. The molecule has 2 rings (SSSR count). The van der Waals surface area contributed by atoms with Crippen LogP contribution >= 0.6 is 23.4 Å². The molecule has 0 saturated heterocycles. The van der Waals surface area contributed by atoms with Crippen molar-refractivity contribution >= 4 is 23.4 Å². The van der Waals surface area contributed by atoms with Crippen molar-refractivity contribution < 1.29 is 0 Å². The topological polar surface area (TPSA) is 42.7 Å². The van der Waals surface area contributed by atoms with Crippen molar-refractivity contribution in [1.29, 1.82) is 0 Å². The predicted molar refractivity (Wildman–Crippen MR) is 78.7 cm³/mol. The van der Waals surface area contributed by atoms with Crippen molar-refractivity contribution in [3.63, 3.8) is 0 Å². The Bertz CT molecular complexity index is 568. The van der Waals surface area contributed by atoms with Crippen LogP contribution in [0, 0.1) is 6.92 Å². The SMILES string of the molecule is CCNCc1c(C)nn(C)c1Sc1ncccc1Cl. The molecular formula is C13H17ClN4S. The van der Waals surface area contributed by atoms with Gasteiger partial charge in [0.25, 0.3) is 0 Å². The van der Waals surface area contributed by atoms with Crippen LogP contribution in [0.25, 0.3) is 0 Å². The fraction of sp³-hybridized carbons (Fsp3) is 0.385. The minimum absolute atomic E-state index is 0.667. The average molecular weight is 297 g/mol. The van der Waals surface area contributed by atoms with Crippen LogP contribution in [0.4, 0.5) is 0 Å².